The quantitative estimate of drug-likeness (QED) is 0.0740. The summed E-state index contributed by atoms with van der Waals surface area (Å²) in [6.07, 6.45) is 6.35. The predicted molar refractivity (Wildman–Crippen MR) is 232 cm³/mol. The van der Waals surface area contributed by atoms with Crippen LogP contribution in [0.3, 0.4) is 0 Å². The van der Waals surface area contributed by atoms with E-state index in [9.17, 15) is 17.8 Å². The fourth-order valence-corrected chi connectivity index (χ4v) is 10.4. The van der Waals surface area contributed by atoms with E-state index in [0.717, 1.165) is 32.3 Å². The van der Waals surface area contributed by atoms with Gasteiger partial charge in [0.1, 0.15) is 16.1 Å². The average molecular weight is 822 g/mol. The monoisotopic (exact) mass is 821 g/mol. The zero-order chi connectivity index (χ0) is 39.7. The molecule has 0 saturated carbocycles. The van der Waals surface area contributed by atoms with Crippen LogP contribution in [-0.2, 0) is 27.7 Å². The Kier molecular flexibility index (Phi) is 13.8. The summed E-state index contributed by atoms with van der Waals surface area (Å²) in [7, 11) is -4.42. The van der Waals surface area contributed by atoms with Crippen LogP contribution in [0.4, 0.5) is 0 Å². The molecule has 1 aliphatic rings. The SMILES string of the molecule is CCN1C(c2ccccc2)=C(c2ccccc2)S/C1=C/C=c1\s/c(=C\c2sc(-c3ccccc3)c(-c3ccccc3)[n+]2CC)n(CC)c1=O.CCOS(=O)(=O)[O-]. The summed E-state index contributed by atoms with van der Waals surface area (Å²) in [4.78, 5) is 18.7. The van der Waals surface area contributed by atoms with Crippen LogP contribution < -0.4 is 19.3 Å². The first-order chi connectivity index (χ1) is 27.2. The second-order valence-corrected chi connectivity index (χ2v) is 16.5. The number of thiazole rings is 2. The highest BCUT2D eigenvalue weighted by molar-refractivity contribution is 8.12. The third-order valence-electron chi connectivity index (χ3n) is 8.85. The van der Waals surface area contributed by atoms with Crippen molar-refractivity contribution in [2.45, 2.75) is 40.8 Å². The van der Waals surface area contributed by atoms with Crippen LogP contribution in [0.15, 0.2) is 137 Å². The minimum atomic E-state index is -4.42. The number of rotatable bonds is 11. The van der Waals surface area contributed by atoms with E-state index in [1.807, 2.05) is 10.6 Å². The van der Waals surface area contributed by atoms with E-state index < -0.39 is 10.4 Å². The molecule has 6 aromatic rings. The summed E-state index contributed by atoms with van der Waals surface area (Å²) < 4.78 is 38.0. The molecule has 0 unspecified atom stereocenters. The average Bonchev–Trinajstić information content (AvgIpc) is 3.88. The minimum Gasteiger partial charge on any atom is -0.726 e. The normalized spacial score (nSPS) is 14.4. The highest BCUT2D eigenvalue weighted by atomic mass is 32.3. The summed E-state index contributed by atoms with van der Waals surface area (Å²) in [6, 6.07) is 42.4. The van der Waals surface area contributed by atoms with Crippen molar-refractivity contribution in [1.82, 2.24) is 9.47 Å². The maximum Gasteiger partial charge on any atom is 0.269 e. The van der Waals surface area contributed by atoms with Crippen LogP contribution in [-0.4, -0.2) is 35.6 Å². The number of hydrogen-bond acceptors (Lipinski definition) is 9. The van der Waals surface area contributed by atoms with Crippen LogP contribution in [0.1, 0.15) is 43.8 Å². The van der Waals surface area contributed by atoms with Gasteiger partial charge in [0, 0.05) is 23.6 Å². The summed E-state index contributed by atoms with van der Waals surface area (Å²) in [5.74, 6) is 0. The van der Waals surface area contributed by atoms with E-state index in [2.05, 4.69) is 168 Å². The van der Waals surface area contributed by atoms with Crippen molar-refractivity contribution in [3.05, 3.63) is 168 Å². The molecule has 0 fully saturated rings. The highest BCUT2D eigenvalue weighted by Gasteiger charge is 2.29. The largest absolute Gasteiger partial charge is 0.726 e. The van der Waals surface area contributed by atoms with Gasteiger partial charge in [-0.2, -0.15) is 4.57 Å². The molecule has 0 spiro atoms. The van der Waals surface area contributed by atoms with Crippen molar-refractivity contribution in [3.63, 3.8) is 0 Å². The Morgan fingerprint density at radius 3 is 1.77 bits per heavy atom. The number of thioether (sulfide) groups is 1. The Morgan fingerprint density at radius 1 is 0.714 bits per heavy atom. The standard InChI is InChI=1S/C42H38N3OS3.C2H6O4S/c1-4-43-35(48-40(32-23-15-9-16-24-32)38(43)30-19-11-7-12-20-30)28-27-34-42(46)45(6-3)37(47-34)29-36-44(5-2)39(31-21-13-8-14-22-31)41(49-36)33-25-17-10-18-26-33;1-2-6-7(3,4)5/h7-29H,4-6H2,1-3H3;2H2,1H3,(H,3,4,5)/q+1;/p-1/b34-27-,35-28+;. The van der Waals surface area contributed by atoms with Crippen LogP contribution in [0.25, 0.3) is 44.5 Å². The number of hydrogen-bond donors (Lipinski definition) is 0. The van der Waals surface area contributed by atoms with E-state index in [0.29, 0.717) is 6.54 Å². The maximum atomic E-state index is 13.9. The summed E-state index contributed by atoms with van der Waals surface area (Å²) in [6.45, 7) is 10.0. The first-order valence-corrected chi connectivity index (χ1v) is 22.2. The molecular weight excluding hydrogens is 779 g/mol. The zero-order valence-electron chi connectivity index (χ0n) is 31.6. The van der Waals surface area contributed by atoms with Crippen molar-refractivity contribution in [2.75, 3.05) is 13.2 Å². The van der Waals surface area contributed by atoms with Gasteiger partial charge in [0.25, 0.3) is 10.6 Å². The first kappa shape index (κ1) is 40.8. The lowest BCUT2D eigenvalue weighted by Gasteiger charge is -2.21. The van der Waals surface area contributed by atoms with E-state index in [1.165, 1.54) is 50.4 Å². The molecule has 0 saturated heterocycles. The molecule has 7 rings (SSSR count). The second kappa shape index (κ2) is 18.9. The molecule has 0 radical (unpaired) electrons. The Bertz CT molecular complexity index is 2620. The Labute approximate surface area is 340 Å². The van der Waals surface area contributed by atoms with Gasteiger partial charge in [0.15, 0.2) is 0 Å². The number of benzene rings is 4. The van der Waals surface area contributed by atoms with Crippen LogP contribution in [0.5, 0.6) is 0 Å². The van der Waals surface area contributed by atoms with Gasteiger partial charge in [-0.05, 0) is 68.7 Å². The summed E-state index contributed by atoms with van der Waals surface area (Å²) in [5.41, 5.74) is 7.22. The van der Waals surface area contributed by atoms with E-state index in [4.69, 9.17) is 0 Å². The van der Waals surface area contributed by atoms with E-state index in [-0.39, 0.29) is 12.2 Å². The number of nitrogens with zero attached hydrogens (tertiary/aromatic N) is 3. The molecule has 4 aromatic carbocycles. The Balaban J connectivity index is 0.000000695. The molecule has 0 N–H and O–H groups in total. The maximum absolute atomic E-state index is 13.9. The minimum absolute atomic E-state index is 0.0485. The molecule has 0 aliphatic carbocycles. The zero-order valence-corrected chi connectivity index (χ0v) is 34.9. The van der Waals surface area contributed by atoms with Crippen molar-refractivity contribution in [3.8, 4) is 21.7 Å². The second-order valence-electron chi connectivity index (χ2n) is 12.3. The van der Waals surface area contributed by atoms with Gasteiger partial charge in [-0.25, -0.2) is 8.42 Å². The molecule has 0 amide bonds. The van der Waals surface area contributed by atoms with Crippen molar-refractivity contribution >= 4 is 67.6 Å². The molecule has 2 aromatic heterocycles. The Hall–Kier alpha value is -4.82. The lowest BCUT2D eigenvalue weighted by molar-refractivity contribution is -0.679. The van der Waals surface area contributed by atoms with Gasteiger partial charge in [0.2, 0.25) is 16.1 Å². The first-order valence-electron chi connectivity index (χ1n) is 18.4. The molecule has 288 valence electrons. The summed E-state index contributed by atoms with van der Waals surface area (Å²) in [5, 5.41) is 2.24. The lowest BCUT2D eigenvalue weighted by Crippen LogP contribution is -2.36. The molecule has 3 heterocycles. The van der Waals surface area contributed by atoms with Crippen LogP contribution >= 0.6 is 34.4 Å². The molecular formula is C44H43N3O5S4. The van der Waals surface area contributed by atoms with Crippen LogP contribution in [0, 0.1) is 0 Å². The lowest BCUT2D eigenvalue weighted by atomic mass is 10.1. The molecule has 8 nitrogen and oxygen atoms in total. The van der Waals surface area contributed by atoms with Crippen molar-refractivity contribution in [2.24, 2.45) is 0 Å². The number of aromatic nitrogens is 2. The third kappa shape index (κ3) is 9.40. The number of allylic oxidation sites excluding steroid dienone is 1. The smallest absolute Gasteiger partial charge is 0.269 e. The van der Waals surface area contributed by atoms with Gasteiger partial charge in [-0.3, -0.25) is 13.5 Å². The predicted octanol–water partition coefficient (Wildman–Crippen LogP) is 8.16. The van der Waals surface area contributed by atoms with Gasteiger partial charge >= 0.3 is 0 Å². The molecule has 1 aliphatic heterocycles. The van der Waals surface area contributed by atoms with Crippen molar-refractivity contribution < 1.29 is 21.7 Å². The molecule has 12 heteroatoms. The molecule has 56 heavy (non-hydrogen) atoms. The van der Waals surface area contributed by atoms with Gasteiger partial charge in [0.05, 0.1) is 27.9 Å². The summed E-state index contributed by atoms with van der Waals surface area (Å²) >= 11 is 5.12. The topological polar surface area (TPSA) is 95.6 Å². The van der Waals surface area contributed by atoms with Crippen molar-refractivity contribution in [1.29, 1.82) is 0 Å². The third-order valence-corrected chi connectivity index (χ3v) is 12.8. The van der Waals surface area contributed by atoms with Gasteiger partial charge in [-0.1, -0.05) is 132 Å². The highest BCUT2D eigenvalue weighted by Crippen LogP contribution is 2.50. The fraction of sp³-hybridized carbons (Fsp3) is 0.182. The van der Waals surface area contributed by atoms with Crippen LogP contribution in [0.2, 0.25) is 0 Å². The molecule has 0 bridgehead atoms. The van der Waals surface area contributed by atoms with E-state index in [1.54, 1.807) is 34.4 Å². The molecule has 0 atom stereocenters. The van der Waals surface area contributed by atoms with Gasteiger partial charge in [-0.15, -0.1) is 11.3 Å². The van der Waals surface area contributed by atoms with Gasteiger partial charge < -0.3 is 9.45 Å². The Morgan fingerprint density at radius 2 is 1.27 bits per heavy atom. The van der Waals surface area contributed by atoms with E-state index >= 15 is 0 Å². The fourth-order valence-electron chi connectivity index (χ4n) is 6.43.